The van der Waals surface area contributed by atoms with Crippen LogP contribution in [-0.2, 0) is 4.79 Å². The third-order valence-electron chi connectivity index (χ3n) is 5.20. The van der Waals surface area contributed by atoms with Gasteiger partial charge in [-0.25, -0.2) is 0 Å². The van der Waals surface area contributed by atoms with Crippen molar-refractivity contribution in [1.82, 2.24) is 10.6 Å². The minimum absolute atomic E-state index is 0.0495. The molecular weight excluding hydrogens is 418 g/mol. The Morgan fingerprint density at radius 2 is 1.53 bits per heavy atom. The third-order valence-corrected chi connectivity index (χ3v) is 6.52. The van der Waals surface area contributed by atoms with E-state index in [4.69, 9.17) is 4.74 Å². The van der Waals surface area contributed by atoms with Gasteiger partial charge in [0.25, 0.3) is 0 Å². The second-order valence-electron chi connectivity index (χ2n) is 8.11. The average molecular weight is 466 g/mol. The summed E-state index contributed by atoms with van der Waals surface area (Å²) in [7, 11) is 7.33. The minimum atomic E-state index is -0.0495. The quantitative estimate of drug-likeness (QED) is 0.564. The van der Waals surface area contributed by atoms with Gasteiger partial charge in [-0.2, -0.15) is 0 Å². The summed E-state index contributed by atoms with van der Waals surface area (Å²) in [5, 5.41) is 6.58. The molecule has 1 aliphatic carbocycles. The Morgan fingerprint density at radius 1 is 1.06 bits per heavy atom. The Morgan fingerprint density at radius 3 is 1.84 bits per heavy atom. The van der Waals surface area contributed by atoms with Crippen molar-refractivity contribution < 1.29 is 9.53 Å². The smallest absolute Gasteiger partial charge is 0.135 e. The lowest BCUT2D eigenvalue weighted by Gasteiger charge is -2.07. The fraction of sp³-hybridized carbons (Fsp3) is 0.692. The Labute approximate surface area is 201 Å². The first-order chi connectivity index (χ1) is 15.5. The largest absolute Gasteiger partial charge is 0.497 e. The maximum absolute atomic E-state index is 10.9. The summed E-state index contributed by atoms with van der Waals surface area (Å²) in [6, 6.07) is 5.97. The number of benzene rings is 1. The van der Waals surface area contributed by atoms with Crippen LogP contribution in [-0.4, -0.2) is 57.4 Å². The summed E-state index contributed by atoms with van der Waals surface area (Å²) < 4.78 is 5.17. The van der Waals surface area contributed by atoms with Gasteiger partial charge in [0, 0.05) is 5.56 Å². The van der Waals surface area contributed by atoms with Crippen LogP contribution in [0.5, 0.6) is 5.75 Å². The predicted molar refractivity (Wildman–Crippen MR) is 143 cm³/mol. The number of hydrogen-bond donors (Lipinski definition) is 2. The van der Waals surface area contributed by atoms with Gasteiger partial charge in [-0.1, -0.05) is 70.1 Å². The van der Waals surface area contributed by atoms with Crippen molar-refractivity contribution in [3.05, 3.63) is 29.3 Å². The molecule has 2 aliphatic rings. The second kappa shape index (κ2) is 20.3. The second-order valence-corrected chi connectivity index (χ2v) is 9.28. The van der Waals surface area contributed by atoms with Crippen molar-refractivity contribution in [3.63, 3.8) is 0 Å². The SMILES string of the molecule is C1CCCCCCC1.CCNC.CNC.COc1ccc(C2=NC(C)C(C=O)S2)c(C)c1. The molecule has 0 amide bonds. The first-order valence-electron chi connectivity index (χ1n) is 12.1. The van der Waals surface area contributed by atoms with E-state index in [1.807, 2.05) is 53.2 Å². The molecule has 0 saturated heterocycles. The summed E-state index contributed by atoms with van der Waals surface area (Å²) in [5.41, 5.74) is 2.21. The van der Waals surface area contributed by atoms with Crippen LogP contribution in [0, 0.1) is 6.92 Å². The van der Waals surface area contributed by atoms with Crippen molar-refractivity contribution in [2.24, 2.45) is 4.99 Å². The van der Waals surface area contributed by atoms with E-state index in [1.54, 1.807) is 18.9 Å². The Bertz CT molecular complexity index is 611. The maximum atomic E-state index is 10.9. The zero-order valence-corrected chi connectivity index (χ0v) is 22.3. The highest BCUT2D eigenvalue weighted by Crippen LogP contribution is 2.31. The first-order valence-corrected chi connectivity index (χ1v) is 12.9. The number of hydrogen-bond acceptors (Lipinski definition) is 6. The molecule has 3 rings (SSSR count). The molecule has 1 aromatic rings. The van der Waals surface area contributed by atoms with Gasteiger partial charge in [-0.05, 0) is 65.3 Å². The van der Waals surface area contributed by atoms with Crippen LogP contribution in [0.2, 0.25) is 0 Å². The van der Waals surface area contributed by atoms with Crippen LogP contribution >= 0.6 is 11.8 Å². The van der Waals surface area contributed by atoms with Crippen molar-refractivity contribution in [1.29, 1.82) is 0 Å². The van der Waals surface area contributed by atoms with Gasteiger partial charge in [0.15, 0.2) is 0 Å². The number of carbonyl (C=O) groups is 1. The number of nitrogens with one attached hydrogen (secondary N) is 2. The summed E-state index contributed by atoms with van der Waals surface area (Å²) in [4.78, 5) is 15.4. The van der Waals surface area contributed by atoms with Gasteiger partial charge in [-0.15, -0.1) is 0 Å². The number of aryl methyl sites for hydroxylation is 1. The topological polar surface area (TPSA) is 62.7 Å². The number of ether oxygens (including phenoxy) is 1. The molecule has 1 saturated carbocycles. The zero-order valence-electron chi connectivity index (χ0n) is 21.5. The highest BCUT2D eigenvalue weighted by atomic mass is 32.2. The van der Waals surface area contributed by atoms with E-state index in [2.05, 4.69) is 22.5 Å². The van der Waals surface area contributed by atoms with Gasteiger partial charge in [-0.3, -0.25) is 4.99 Å². The third kappa shape index (κ3) is 13.2. The molecule has 0 bridgehead atoms. The average Bonchev–Trinajstić information content (AvgIpc) is 3.14. The van der Waals surface area contributed by atoms with E-state index in [9.17, 15) is 4.79 Å². The van der Waals surface area contributed by atoms with E-state index in [-0.39, 0.29) is 11.3 Å². The van der Waals surface area contributed by atoms with E-state index in [1.165, 1.54) is 51.4 Å². The Hall–Kier alpha value is -1.37. The van der Waals surface area contributed by atoms with Gasteiger partial charge in [0.1, 0.15) is 12.0 Å². The van der Waals surface area contributed by atoms with Crippen LogP contribution in [0.4, 0.5) is 0 Å². The van der Waals surface area contributed by atoms with E-state index in [0.29, 0.717) is 0 Å². The molecular formula is C26H47N3O2S. The lowest BCUT2D eigenvalue weighted by atomic mass is 10.0. The van der Waals surface area contributed by atoms with Crippen LogP contribution in [0.1, 0.15) is 76.3 Å². The van der Waals surface area contributed by atoms with E-state index in [0.717, 1.165) is 34.8 Å². The molecule has 2 unspecified atom stereocenters. The summed E-state index contributed by atoms with van der Waals surface area (Å²) in [6.07, 6.45) is 13.0. The highest BCUT2D eigenvalue weighted by Gasteiger charge is 2.27. The lowest BCUT2D eigenvalue weighted by Crippen LogP contribution is -2.14. The molecule has 1 aliphatic heterocycles. The number of methoxy groups -OCH3 is 1. The predicted octanol–water partition coefficient (Wildman–Crippen LogP) is 5.64. The number of nitrogens with zero attached hydrogens (tertiary/aromatic N) is 1. The van der Waals surface area contributed by atoms with Crippen LogP contribution in [0.3, 0.4) is 0 Å². The van der Waals surface area contributed by atoms with Crippen molar-refractivity contribution in [2.75, 3.05) is 34.8 Å². The molecule has 1 heterocycles. The van der Waals surface area contributed by atoms with Gasteiger partial charge >= 0.3 is 0 Å². The Balaban J connectivity index is 0.000000530. The highest BCUT2D eigenvalue weighted by molar-refractivity contribution is 8.15. The van der Waals surface area contributed by atoms with E-state index < -0.39 is 0 Å². The zero-order chi connectivity index (χ0) is 24.2. The molecule has 184 valence electrons. The van der Waals surface area contributed by atoms with Crippen molar-refractivity contribution >= 4 is 23.1 Å². The molecule has 5 nitrogen and oxygen atoms in total. The van der Waals surface area contributed by atoms with Crippen LogP contribution in [0.15, 0.2) is 23.2 Å². The fourth-order valence-corrected chi connectivity index (χ4v) is 4.36. The van der Waals surface area contributed by atoms with Crippen molar-refractivity contribution in [2.45, 2.75) is 83.4 Å². The lowest BCUT2D eigenvalue weighted by molar-refractivity contribution is -0.107. The molecule has 0 aromatic heterocycles. The normalized spacial score (nSPS) is 19.9. The van der Waals surface area contributed by atoms with Crippen LogP contribution in [0.25, 0.3) is 0 Å². The molecule has 2 N–H and O–H groups in total. The molecule has 32 heavy (non-hydrogen) atoms. The fourth-order valence-electron chi connectivity index (χ4n) is 3.21. The van der Waals surface area contributed by atoms with E-state index >= 15 is 0 Å². The summed E-state index contributed by atoms with van der Waals surface area (Å²) >= 11 is 1.54. The number of carbonyl (C=O) groups excluding carboxylic acids is 1. The number of aliphatic imine (C=N–C) groups is 1. The summed E-state index contributed by atoms with van der Waals surface area (Å²) in [5.74, 6) is 0.842. The minimum Gasteiger partial charge on any atom is -0.497 e. The van der Waals surface area contributed by atoms with Gasteiger partial charge in [0.2, 0.25) is 0 Å². The molecule has 1 fully saturated rings. The standard InChI is InChI=1S/C13H15NO2S.C8H16.C3H9N.C2H7N/c1-8-6-10(16-3)4-5-11(8)13-14-9(2)12(7-15)17-13;1-2-4-6-8-7-5-3-1;1-3-4-2;1-3-2/h4-7,9,12H,1-3H3;1-8H2;4H,3H2,1-2H3;3H,1-2H3. The number of rotatable bonds is 4. The van der Waals surface area contributed by atoms with Crippen molar-refractivity contribution in [3.8, 4) is 5.75 Å². The first kappa shape index (κ1) is 30.6. The molecule has 0 radical (unpaired) electrons. The number of thioether (sulfide) groups is 1. The van der Waals surface area contributed by atoms with Gasteiger partial charge < -0.3 is 20.2 Å². The molecule has 6 heteroatoms. The Kier molecular flexibility index (Phi) is 19.4. The number of aldehydes is 1. The molecule has 2 atom stereocenters. The maximum Gasteiger partial charge on any atom is 0.135 e. The summed E-state index contributed by atoms with van der Waals surface area (Å²) in [6.45, 7) is 7.14. The monoisotopic (exact) mass is 465 g/mol. The van der Waals surface area contributed by atoms with Crippen LogP contribution < -0.4 is 15.4 Å². The molecule has 1 aromatic carbocycles. The molecule has 0 spiro atoms. The van der Waals surface area contributed by atoms with Gasteiger partial charge in [0.05, 0.1) is 23.4 Å².